The summed E-state index contributed by atoms with van der Waals surface area (Å²) < 4.78 is 0. The van der Waals surface area contributed by atoms with Crippen molar-refractivity contribution in [2.24, 2.45) is 5.41 Å². The van der Waals surface area contributed by atoms with Crippen LogP contribution in [0, 0.1) is 19.3 Å². The van der Waals surface area contributed by atoms with Gasteiger partial charge in [-0.05, 0) is 42.4 Å². The number of hydrogen-bond acceptors (Lipinski definition) is 1. The second-order valence-corrected chi connectivity index (χ2v) is 5.28. The number of aryl methyl sites for hydroxylation is 2. The van der Waals surface area contributed by atoms with E-state index in [1.807, 2.05) is 19.9 Å². The molecule has 0 fully saturated rings. The number of aliphatic carboxylic acids is 1. The van der Waals surface area contributed by atoms with Gasteiger partial charge in [0.05, 0.1) is 6.42 Å². The summed E-state index contributed by atoms with van der Waals surface area (Å²) in [4.78, 5) is 10.8. The lowest BCUT2D eigenvalue weighted by Gasteiger charge is -2.24. The van der Waals surface area contributed by atoms with Crippen LogP contribution in [0.25, 0.3) is 0 Å². The topological polar surface area (TPSA) is 37.3 Å². The van der Waals surface area contributed by atoms with Crippen LogP contribution >= 0.6 is 0 Å². The molecule has 0 aliphatic heterocycles. The minimum absolute atomic E-state index is 0.192. The van der Waals surface area contributed by atoms with Gasteiger partial charge in [0.15, 0.2) is 0 Å². The van der Waals surface area contributed by atoms with Crippen molar-refractivity contribution >= 4 is 5.97 Å². The van der Waals surface area contributed by atoms with E-state index in [-0.39, 0.29) is 11.8 Å². The van der Waals surface area contributed by atoms with Crippen LogP contribution < -0.4 is 0 Å². The van der Waals surface area contributed by atoms with Gasteiger partial charge in [0.2, 0.25) is 0 Å². The molecule has 0 amide bonds. The number of carboxylic acids is 1. The normalized spacial score (nSPS) is 11.5. The maximum atomic E-state index is 10.8. The van der Waals surface area contributed by atoms with Crippen LogP contribution in [-0.4, -0.2) is 11.1 Å². The van der Waals surface area contributed by atoms with E-state index in [2.05, 4.69) is 26.0 Å². The highest BCUT2D eigenvalue weighted by Gasteiger charge is 2.23. The van der Waals surface area contributed by atoms with Crippen molar-refractivity contribution in [3.63, 3.8) is 0 Å². The molecule has 0 heterocycles. The molecular weight excluding hydrogens is 200 g/mol. The molecule has 0 radical (unpaired) electrons. The van der Waals surface area contributed by atoms with Crippen molar-refractivity contribution in [1.82, 2.24) is 0 Å². The third kappa shape index (κ3) is 3.37. The molecule has 0 bridgehead atoms. The average molecular weight is 220 g/mol. The third-order valence-electron chi connectivity index (χ3n) is 2.93. The van der Waals surface area contributed by atoms with Gasteiger partial charge in [-0.3, -0.25) is 4.79 Å². The zero-order chi connectivity index (χ0) is 12.3. The number of carbonyl (C=O) groups is 1. The van der Waals surface area contributed by atoms with Gasteiger partial charge in [-0.15, -0.1) is 0 Å². The molecule has 0 saturated heterocycles. The van der Waals surface area contributed by atoms with Crippen LogP contribution in [0.1, 0.15) is 37.0 Å². The Bertz CT molecular complexity index is 371. The molecule has 1 rings (SSSR count). The molecule has 0 aliphatic carbocycles. The van der Waals surface area contributed by atoms with Crippen molar-refractivity contribution in [2.45, 2.75) is 40.5 Å². The van der Waals surface area contributed by atoms with Crippen LogP contribution in [0.3, 0.4) is 0 Å². The van der Waals surface area contributed by atoms with Crippen molar-refractivity contribution in [1.29, 1.82) is 0 Å². The standard InChI is InChI=1S/C14H20O2/c1-10-6-5-7-11(2)12(10)8-14(3,4)9-13(15)16/h5-7H,8-9H2,1-4H3,(H,15,16). The van der Waals surface area contributed by atoms with Gasteiger partial charge < -0.3 is 5.11 Å². The molecule has 0 aromatic heterocycles. The first-order chi connectivity index (χ1) is 7.32. The van der Waals surface area contributed by atoms with Crippen LogP contribution in [-0.2, 0) is 11.2 Å². The molecule has 1 aromatic carbocycles. The molecule has 1 aromatic rings. The first kappa shape index (κ1) is 12.8. The number of benzene rings is 1. The first-order valence-corrected chi connectivity index (χ1v) is 5.59. The van der Waals surface area contributed by atoms with Gasteiger partial charge in [0.1, 0.15) is 0 Å². The summed E-state index contributed by atoms with van der Waals surface area (Å²) in [5, 5.41) is 8.87. The lowest BCUT2D eigenvalue weighted by molar-refractivity contribution is -0.139. The van der Waals surface area contributed by atoms with Gasteiger partial charge in [-0.2, -0.15) is 0 Å². The van der Waals surface area contributed by atoms with E-state index in [0.29, 0.717) is 0 Å². The Morgan fingerprint density at radius 1 is 1.25 bits per heavy atom. The van der Waals surface area contributed by atoms with Gasteiger partial charge in [-0.1, -0.05) is 32.0 Å². The first-order valence-electron chi connectivity index (χ1n) is 5.59. The SMILES string of the molecule is Cc1cccc(C)c1CC(C)(C)CC(=O)O. The van der Waals surface area contributed by atoms with E-state index in [4.69, 9.17) is 5.11 Å². The van der Waals surface area contributed by atoms with Crippen molar-refractivity contribution < 1.29 is 9.90 Å². The summed E-state index contributed by atoms with van der Waals surface area (Å²) in [6.45, 7) is 8.18. The zero-order valence-electron chi connectivity index (χ0n) is 10.5. The lowest BCUT2D eigenvalue weighted by atomic mass is 9.80. The minimum atomic E-state index is -0.726. The van der Waals surface area contributed by atoms with Crippen LogP contribution in [0.15, 0.2) is 18.2 Å². The molecule has 0 atom stereocenters. The van der Waals surface area contributed by atoms with E-state index in [0.717, 1.165) is 6.42 Å². The largest absolute Gasteiger partial charge is 0.481 e. The lowest BCUT2D eigenvalue weighted by Crippen LogP contribution is -2.20. The fourth-order valence-electron chi connectivity index (χ4n) is 2.08. The van der Waals surface area contributed by atoms with E-state index < -0.39 is 5.97 Å². The fourth-order valence-corrected chi connectivity index (χ4v) is 2.08. The predicted octanol–water partition coefficient (Wildman–Crippen LogP) is 3.35. The molecule has 88 valence electrons. The van der Waals surface area contributed by atoms with E-state index in [1.54, 1.807) is 0 Å². The zero-order valence-corrected chi connectivity index (χ0v) is 10.5. The molecular formula is C14H20O2. The summed E-state index contributed by atoms with van der Waals surface area (Å²) >= 11 is 0. The highest BCUT2D eigenvalue weighted by Crippen LogP contribution is 2.28. The van der Waals surface area contributed by atoms with E-state index in [9.17, 15) is 4.79 Å². The highest BCUT2D eigenvalue weighted by molar-refractivity contribution is 5.67. The number of rotatable bonds is 4. The molecule has 16 heavy (non-hydrogen) atoms. The van der Waals surface area contributed by atoms with Crippen LogP contribution in [0.2, 0.25) is 0 Å². The van der Waals surface area contributed by atoms with E-state index in [1.165, 1.54) is 16.7 Å². The summed E-state index contributed by atoms with van der Waals surface area (Å²) in [5.74, 6) is -0.726. The summed E-state index contributed by atoms with van der Waals surface area (Å²) in [5.41, 5.74) is 3.59. The molecule has 2 heteroatoms. The maximum absolute atomic E-state index is 10.8. The molecule has 2 nitrogen and oxygen atoms in total. The molecule has 0 unspecified atom stereocenters. The Labute approximate surface area is 97.3 Å². The predicted molar refractivity (Wildman–Crippen MR) is 65.7 cm³/mol. The summed E-state index contributed by atoms with van der Waals surface area (Å²) in [6.07, 6.45) is 1.03. The second kappa shape index (κ2) is 4.69. The Balaban J connectivity index is 2.91. The second-order valence-electron chi connectivity index (χ2n) is 5.28. The van der Waals surface area contributed by atoms with Crippen LogP contribution in [0.5, 0.6) is 0 Å². The third-order valence-corrected chi connectivity index (χ3v) is 2.93. The Morgan fingerprint density at radius 2 is 1.75 bits per heavy atom. The Morgan fingerprint density at radius 3 is 2.19 bits per heavy atom. The molecule has 0 aliphatic rings. The Hall–Kier alpha value is -1.31. The van der Waals surface area contributed by atoms with Gasteiger partial charge >= 0.3 is 5.97 Å². The van der Waals surface area contributed by atoms with Crippen molar-refractivity contribution in [3.05, 3.63) is 34.9 Å². The molecule has 1 N–H and O–H groups in total. The maximum Gasteiger partial charge on any atom is 0.303 e. The van der Waals surface area contributed by atoms with Crippen molar-refractivity contribution in [3.8, 4) is 0 Å². The van der Waals surface area contributed by atoms with E-state index >= 15 is 0 Å². The highest BCUT2D eigenvalue weighted by atomic mass is 16.4. The summed E-state index contributed by atoms with van der Waals surface area (Å²) in [6, 6.07) is 6.21. The molecule has 0 spiro atoms. The van der Waals surface area contributed by atoms with Crippen molar-refractivity contribution in [2.75, 3.05) is 0 Å². The van der Waals surface area contributed by atoms with Gasteiger partial charge in [0.25, 0.3) is 0 Å². The van der Waals surface area contributed by atoms with Crippen LogP contribution in [0.4, 0.5) is 0 Å². The smallest absolute Gasteiger partial charge is 0.303 e. The molecule has 0 saturated carbocycles. The summed E-state index contributed by atoms with van der Waals surface area (Å²) in [7, 11) is 0. The van der Waals surface area contributed by atoms with Gasteiger partial charge in [-0.25, -0.2) is 0 Å². The quantitative estimate of drug-likeness (QED) is 0.845. The minimum Gasteiger partial charge on any atom is -0.481 e. The number of carboxylic acid groups (broad SMARTS) is 1. The Kier molecular flexibility index (Phi) is 3.74. The monoisotopic (exact) mass is 220 g/mol. The van der Waals surface area contributed by atoms with Gasteiger partial charge in [0, 0.05) is 0 Å². The fraction of sp³-hybridized carbons (Fsp3) is 0.500. The number of hydrogen-bond donors (Lipinski definition) is 1. The average Bonchev–Trinajstić information content (AvgIpc) is 2.09.